The van der Waals surface area contributed by atoms with E-state index in [1.165, 1.54) is 12.8 Å². The lowest BCUT2D eigenvalue weighted by Crippen LogP contribution is -2.37. The molecule has 1 spiro atoms. The first kappa shape index (κ1) is 10.7. The molecular weight excluding hydrogens is 188 g/mol. The largest absolute Gasteiger partial charge is 0.312 e. The highest BCUT2D eigenvalue weighted by molar-refractivity contribution is 6.08. The van der Waals surface area contributed by atoms with Crippen LogP contribution in [-0.4, -0.2) is 17.3 Å². The first-order valence-corrected chi connectivity index (χ1v) is 6.17. The summed E-state index contributed by atoms with van der Waals surface area (Å²) in [5.41, 5.74) is -0.346. The summed E-state index contributed by atoms with van der Waals surface area (Å²) in [6.07, 6.45) is 8.74. The fourth-order valence-corrected chi connectivity index (χ4v) is 2.54. The van der Waals surface area contributed by atoms with Gasteiger partial charge in [0.15, 0.2) is 0 Å². The molecule has 0 aromatic rings. The number of carbonyl (C=O) groups excluding carboxylic acids is 1. The number of carbonyl (C=O) groups is 1. The summed E-state index contributed by atoms with van der Waals surface area (Å²) >= 11 is 0. The molecule has 0 saturated heterocycles. The van der Waals surface area contributed by atoms with Gasteiger partial charge in [0.05, 0.1) is 0 Å². The van der Waals surface area contributed by atoms with Crippen LogP contribution < -0.4 is 5.32 Å². The van der Waals surface area contributed by atoms with E-state index in [4.69, 9.17) is 0 Å². The molecule has 1 fully saturated rings. The Balaban J connectivity index is 1.94. The highest BCUT2D eigenvalue weighted by Gasteiger charge is 2.45. The predicted octanol–water partition coefficient (Wildman–Crippen LogP) is 2.41. The third kappa shape index (κ3) is 2.06. The van der Waals surface area contributed by atoms with Crippen LogP contribution in [0.3, 0.4) is 0 Å². The van der Waals surface area contributed by atoms with E-state index >= 15 is 0 Å². The van der Waals surface area contributed by atoms with Crippen molar-refractivity contribution in [3.63, 3.8) is 0 Å². The fraction of sp³-hybridized carbons (Fsp3) is 0.833. The van der Waals surface area contributed by atoms with Gasteiger partial charge in [-0.05, 0) is 19.3 Å². The first-order valence-electron chi connectivity index (χ1n) is 6.17. The fourth-order valence-electron chi connectivity index (χ4n) is 2.54. The van der Waals surface area contributed by atoms with Gasteiger partial charge in [-0.25, -0.2) is 0 Å². The average molecular weight is 208 g/mol. The number of nitrogens with zero attached hydrogens (tertiary/aromatic N) is 1. The van der Waals surface area contributed by atoms with E-state index in [1.807, 2.05) is 0 Å². The summed E-state index contributed by atoms with van der Waals surface area (Å²) in [5.74, 6) is 1.10. The first-order chi connectivity index (χ1) is 7.27. The van der Waals surface area contributed by atoms with Crippen molar-refractivity contribution in [2.75, 3.05) is 0 Å². The van der Waals surface area contributed by atoms with Crippen LogP contribution >= 0.6 is 0 Å². The summed E-state index contributed by atoms with van der Waals surface area (Å²) in [5, 5.41) is 2.96. The Labute approximate surface area is 91.3 Å². The number of aliphatic imine (C=N–C) groups is 1. The van der Waals surface area contributed by atoms with E-state index in [2.05, 4.69) is 17.2 Å². The van der Waals surface area contributed by atoms with Crippen molar-refractivity contribution in [3.05, 3.63) is 0 Å². The van der Waals surface area contributed by atoms with Gasteiger partial charge < -0.3 is 5.32 Å². The Morgan fingerprint density at radius 3 is 2.73 bits per heavy atom. The Morgan fingerprint density at radius 2 is 2.07 bits per heavy atom. The van der Waals surface area contributed by atoms with Gasteiger partial charge in [0.2, 0.25) is 0 Å². The molecule has 0 unspecified atom stereocenters. The molecule has 0 aromatic carbocycles. The maximum absolute atomic E-state index is 11.8. The molecule has 1 amide bonds. The Morgan fingerprint density at radius 1 is 1.33 bits per heavy atom. The van der Waals surface area contributed by atoms with Crippen molar-refractivity contribution >= 4 is 11.7 Å². The third-order valence-electron chi connectivity index (χ3n) is 3.48. The molecule has 15 heavy (non-hydrogen) atoms. The SMILES string of the molecule is CCCCCC1=NC2(CCCC2)C(=O)N1. The van der Waals surface area contributed by atoms with Crippen LogP contribution in [0, 0.1) is 0 Å². The Bertz CT molecular complexity index is 277. The standard InChI is InChI=1S/C12H20N2O/c1-2-3-4-7-10-13-11(15)12(14-10)8-5-6-9-12/h2-9H2,1H3,(H,13,14,15). The molecule has 0 aromatic heterocycles. The monoisotopic (exact) mass is 208 g/mol. The second-order valence-electron chi connectivity index (χ2n) is 4.71. The third-order valence-corrected chi connectivity index (χ3v) is 3.48. The molecule has 1 N–H and O–H groups in total. The maximum atomic E-state index is 11.8. The number of hydrogen-bond donors (Lipinski definition) is 1. The molecule has 3 heteroatoms. The lowest BCUT2D eigenvalue weighted by molar-refractivity contribution is -0.123. The number of rotatable bonds is 4. The molecule has 0 radical (unpaired) electrons. The Kier molecular flexibility index (Phi) is 3.08. The van der Waals surface area contributed by atoms with Gasteiger partial charge in [-0.3, -0.25) is 9.79 Å². The van der Waals surface area contributed by atoms with Crippen LogP contribution in [0.25, 0.3) is 0 Å². The Hall–Kier alpha value is -0.860. The zero-order chi connectivity index (χ0) is 10.7. The van der Waals surface area contributed by atoms with Crippen molar-refractivity contribution in [3.8, 4) is 0 Å². The van der Waals surface area contributed by atoms with Crippen LogP contribution in [0.2, 0.25) is 0 Å². The van der Waals surface area contributed by atoms with Gasteiger partial charge in [0.25, 0.3) is 5.91 Å². The summed E-state index contributed by atoms with van der Waals surface area (Å²) in [6.45, 7) is 2.19. The molecule has 1 heterocycles. The lowest BCUT2D eigenvalue weighted by atomic mass is 9.99. The number of hydrogen-bond acceptors (Lipinski definition) is 2. The van der Waals surface area contributed by atoms with Crippen molar-refractivity contribution in [2.45, 2.75) is 63.8 Å². The van der Waals surface area contributed by atoms with Crippen LogP contribution in [0.1, 0.15) is 58.3 Å². The maximum Gasteiger partial charge on any atom is 0.253 e. The van der Waals surface area contributed by atoms with Gasteiger partial charge >= 0.3 is 0 Å². The molecule has 1 aliphatic heterocycles. The highest BCUT2D eigenvalue weighted by Crippen LogP contribution is 2.36. The number of amidine groups is 1. The van der Waals surface area contributed by atoms with E-state index in [0.717, 1.165) is 44.4 Å². The van der Waals surface area contributed by atoms with Crippen molar-refractivity contribution in [1.82, 2.24) is 5.32 Å². The van der Waals surface area contributed by atoms with E-state index < -0.39 is 0 Å². The second-order valence-corrected chi connectivity index (χ2v) is 4.71. The molecular formula is C12H20N2O. The van der Waals surface area contributed by atoms with E-state index in [1.54, 1.807) is 0 Å². The molecule has 0 bridgehead atoms. The molecule has 0 atom stereocenters. The van der Waals surface area contributed by atoms with Gasteiger partial charge in [-0.15, -0.1) is 0 Å². The molecule has 1 saturated carbocycles. The van der Waals surface area contributed by atoms with Gasteiger partial charge in [0, 0.05) is 6.42 Å². The number of amides is 1. The minimum absolute atomic E-state index is 0.159. The zero-order valence-electron chi connectivity index (χ0n) is 9.51. The minimum Gasteiger partial charge on any atom is -0.312 e. The van der Waals surface area contributed by atoms with Crippen molar-refractivity contribution in [1.29, 1.82) is 0 Å². The van der Waals surface area contributed by atoms with Gasteiger partial charge in [0.1, 0.15) is 11.4 Å². The normalized spacial score (nSPS) is 23.3. The summed E-state index contributed by atoms with van der Waals surface area (Å²) in [4.78, 5) is 16.4. The highest BCUT2D eigenvalue weighted by atomic mass is 16.2. The molecule has 2 rings (SSSR count). The number of nitrogens with one attached hydrogen (secondary N) is 1. The zero-order valence-corrected chi connectivity index (χ0v) is 9.51. The van der Waals surface area contributed by atoms with Crippen LogP contribution in [0.4, 0.5) is 0 Å². The second kappa shape index (κ2) is 4.33. The molecule has 3 nitrogen and oxygen atoms in total. The quantitative estimate of drug-likeness (QED) is 0.708. The van der Waals surface area contributed by atoms with Gasteiger partial charge in [-0.1, -0.05) is 32.6 Å². The van der Waals surface area contributed by atoms with E-state index in [0.29, 0.717) is 0 Å². The molecule has 84 valence electrons. The summed E-state index contributed by atoms with van der Waals surface area (Å²) in [7, 11) is 0. The van der Waals surface area contributed by atoms with E-state index in [9.17, 15) is 4.79 Å². The van der Waals surface area contributed by atoms with Crippen LogP contribution in [0.5, 0.6) is 0 Å². The van der Waals surface area contributed by atoms with Crippen molar-refractivity contribution in [2.24, 2.45) is 4.99 Å². The molecule has 1 aliphatic carbocycles. The van der Waals surface area contributed by atoms with Gasteiger partial charge in [-0.2, -0.15) is 0 Å². The predicted molar refractivity (Wildman–Crippen MR) is 60.9 cm³/mol. The number of unbranched alkanes of at least 4 members (excludes halogenated alkanes) is 2. The van der Waals surface area contributed by atoms with Crippen molar-refractivity contribution < 1.29 is 4.79 Å². The van der Waals surface area contributed by atoms with Crippen LogP contribution in [-0.2, 0) is 4.79 Å². The summed E-state index contributed by atoms with van der Waals surface area (Å²) < 4.78 is 0. The smallest absolute Gasteiger partial charge is 0.253 e. The molecule has 2 aliphatic rings. The average Bonchev–Trinajstić information content (AvgIpc) is 2.78. The minimum atomic E-state index is -0.346. The van der Waals surface area contributed by atoms with Crippen LogP contribution in [0.15, 0.2) is 4.99 Å². The topological polar surface area (TPSA) is 41.5 Å². The van der Waals surface area contributed by atoms with E-state index in [-0.39, 0.29) is 11.4 Å². The lowest BCUT2D eigenvalue weighted by Gasteiger charge is -2.14. The summed E-state index contributed by atoms with van der Waals surface area (Å²) in [6, 6.07) is 0.